The molecule has 184 valence electrons. The van der Waals surface area contributed by atoms with Gasteiger partial charge in [-0.15, -0.1) is 0 Å². The lowest BCUT2D eigenvalue weighted by molar-refractivity contribution is 0.0956. The maximum absolute atomic E-state index is 12.4. The molecule has 0 bridgehead atoms. The molecule has 8 heteroatoms. The number of benzene rings is 2. The molecule has 2 aromatic carbocycles. The summed E-state index contributed by atoms with van der Waals surface area (Å²) in [7, 11) is 0. The lowest BCUT2D eigenvalue weighted by Crippen LogP contribution is -2.47. The average Bonchev–Trinajstić information content (AvgIpc) is 3.53. The summed E-state index contributed by atoms with van der Waals surface area (Å²) in [6.07, 6.45) is 7.98. The van der Waals surface area contributed by atoms with E-state index in [-0.39, 0.29) is 0 Å². The lowest BCUT2D eigenvalue weighted by Gasteiger charge is -2.36. The quantitative estimate of drug-likeness (QED) is 0.323. The standard InChI is InChI=1S/C29H25N5O3/c35-28(36)34-16-7-14-29(34,18-21-8-3-1-4-9-21)27-32-26(25-20-30-15-17-33(25)27)24-13-12-23(19-31-24)37-22-10-5-2-6-11-22/h1-6,8-13,15,17,19-20H,7,14,16,18H2,(H,35,36). The number of carboxylic acid groups (broad SMARTS) is 1. The first-order valence-corrected chi connectivity index (χ1v) is 12.2. The molecule has 1 fully saturated rings. The maximum atomic E-state index is 12.4. The van der Waals surface area contributed by atoms with Crippen LogP contribution in [0.15, 0.2) is 97.6 Å². The minimum absolute atomic E-state index is 0.460. The first-order chi connectivity index (χ1) is 18.1. The van der Waals surface area contributed by atoms with Gasteiger partial charge in [0.25, 0.3) is 0 Å². The molecule has 3 aromatic heterocycles. The van der Waals surface area contributed by atoms with E-state index >= 15 is 0 Å². The number of amides is 1. The highest BCUT2D eigenvalue weighted by Gasteiger charge is 2.48. The molecule has 1 amide bonds. The number of para-hydroxylation sites is 1. The second-order valence-corrected chi connectivity index (χ2v) is 9.14. The van der Waals surface area contributed by atoms with E-state index in [0.29, 0.717) is 42.3 Å². The number of imidazole rings is 1. The number of rotatable bonds is 6. The summed E-state index contributed by atoms with van der Waals surface area (Å²) < 4.78 is 7.85. The zero-order chi connectivity index (χ0) is 25.2. The molecule has 8 nitrogen and oxygen atoms in total. The van der Waals surface area contributed by atoms with Crippen molar-refractivity contribution >= 4 is 11.6 Å². The van der Waals surface area contributed by atoms with E-state index in [9.17, 15) is 9.90 Å². The molecule has 1 N–H and O–H groups in total. The molecular formula is C29H25N5O3. The summed E-state index contributed by atoms with van der Waals surface area (Å²) in [5.74, 6) is 2.02. The average molecular weight is 492 g/mol. The Kier molecular flexibility index (Phi) is 5.76. The number of pyridine rings is 1. The molecule has 1 aliphatic heterocycles. The summed E-state index contributed by atoms with van der Waals surface area (Å²) in [5, 5.41) is 10.2. The number of nitrogens with zero attached hydrogens (tertiary/aromatic N) is 5. The Hall–Kier alpha value is -4.72. The number of aromatic nitrogens is 4. The van der Waals surface area contributed by atoms with E-state index in [1.165, 1.54) is 0 Å². The van der Waals surface area contributed by atoms with Crippen molar-refractivity contribution < 1.29 is 14.6 Å². The van der Waals surface area contributed by atoms with Gasteiger partial charge in [-0.1, -0.05) is 48.5 Å². The van der Waals surface area contributed by atoms with Gasteiger partial charge in [-0.3, -0.25) is 19.3 Å². The van der Waals surface area contributed by atoms with Crippen molar-refractivity contribution in [3.8, 4) is 22.9 Å². The van der Waals surface area contributed by atoms with E-state index in [1.807, 2.05) is 83.4 Å². The lowest BCUT2D eigenvalue weighted by atomic mass is 9.87. The molecule has 1 unspecified atom stereocenters. The van der Waals surface area contributed by atoms with Gasteiger partial charge in [-0.05, 0) is 42.7 Å². The van der Waals surface area contributed by atoms with Crippen molar-refractivity contribution in [2.75, 3.05) is 6.54 Å². The largest absolute Gasteiger partial charge is 0.465 e. The number of ether oxygens (including phenoxy) is 1. The Labute approximate surface area is 213 Å². The summed E-state index contributed by atoms with van der Waals surface area (Å²) in [4.78, 5) is 28.0. The monoisotopic (exact) mass is 491 g/mol. The molecule has 4 heterocycles. The van der Waals surface area contributed by atoms with Crippen molar-refractivity contribution in [2.45, 2.75) is 24.8 Å². The van der Waals surface area contributed by atoms with Crippen LogP contribution in [0.4, 0.5) is 4.79 Å². The zero-order valence-corrected chi connectivity index (χ0v) is 20.1. The summed E-state index contributed by atoms with van der Waals surface area (Å²) >= 11 is 0. The summed E-state index contributed by atoms with van der Waals surface area (Å²) in [5.41, 5.74) is 2.33. The molecule has 1 aliphatic rings. The van der Waals surface area contributed by atoms with Crippen molar-refractivity contribution in [2.24, 2.45) is 0 Å². The van der Waals surface area contributed by atoms with Gasteiger partial charge in [0, 0.05) is 25.4 Å². The van der Waals surface area contributed by atoms with Gasteiger partial charge in [-0.2, -0.15) is 0 Å². The highest BCUT2D eigenvalue weighted by atomic mass is 16.5. The fourth-order valence-electron chi connectivity index (χ4n) is 5.25. The van der Waals surface area contributed by atoms with Crippen molar-refractivity contribution in [1.29, 1.82) is 0 Å². The number of fused-ring (bicyclic) bond motifs is 1. The molecular weight excluding hydrogens is 466 g/mol. The first kappa shape index (κ1) is 22.7. The molecule has 1 atom stereocenters. The molecule has 0 radical (unpaired) electrons. The second kappa shape index (κ2) is 9.39. The minimum atomic E-state index is -0.943. The van der Waals surface area contributed by atoms with Crippen LogP contribution in [0.25, 0.3) is 16.9 Å². The second-order valence-electron chi connectivity index (χ2n) is 9.14. The van der Waals surface area contributed by atoms with Crippen LogP contribution in [-0.4, -0.2) is 42.0 Å². The molecule has 0 aliphatic carbocycles. The molecule has 37 heavy (non-hydrogen) atoms. The van der Waals surface area contributed by atoms with Crippen molar-refractivity contribution in [3.05, 3.63) is 109 Å². The highest BCUT2D eigenvalue weighted by Crippen LogP contribution is 2.43. The van der Waals surface area contributed by atoms with Crippen LogP contribution in [0, 0.1) is 0 Å². The minimum Gasteiger partial charge on any atom is -0.465 e. The molecule has 0 saturated carbocycles. The Bertz CT molecular complexity index is 1540. The zero-order valence-electron chi connectivity index (χ0n) is 20.1. The van der Waals surface area contributed by atoms with Crippen LogP contribution in [0.3, 0.4) is 0 Å². The van der Waals surface area contributed by atoms with E-state index in [4.69, 9.17) is 9.72 Å². The Balaban J connectivity index is 1.45. The normalized spacial score (nSPS) is 17.2. The number of hydrogen-bond donors (Lipinski definition) is 1. The number of likely N-dealkylation sites (tertiary alicyclic amines) is 1. The fraction of sp³-hybridized carbons (Fsp3) is 0.172. The van der Waals surface area contributed by atoms with Crippen LogP contribution >= 0.6 is 0 Å². The van der Waals surface area contributed by atoms with Crippen molar-refractivity contribution in [1.82, 2.24) is 24.3 Å². The van der Waals surface area contributed by atoms with Crippen LogP contribution in [0.1, 0.15) is 24.2 Å². The van der Waals surface area contributed by atoms with E-state index in [0.717, 1.165) is 23.3 Å². The predicted octanol–water partition coefficient (Wildman–Crippen LogP) is 5.80. The molecule has 5 aromatic rings. The number of carbonyl (C=O) groups is 1. The van der Waals surface area contributed by atoms with Gasteiger partial charge in [-0.25, -0.2) is 9.78 Å². The molecule has 1 saturated heterocycles. The van der Waals surface area contributed by atoms with E-state index in [1.54, 1.807) is 23.5 Å². The summed E-state index contributed by atoms with van der Waals surface area (Å²) in [6.45, 7) is 0.460. The van der Waals surface area contributed by atoms with E-state index in [2.05, 4.69) is 9.97 Å². The summed E-state index contributed by atoms with van der Waals surface area (Å²) in [6, 6.07) is 23.2. The number of hydrogen-bond acceptors (Lipinski definition) is 5. The topological polar surface area (TPSA) is 92.8 Å². The smallest absolute Gasteiger partial charge is 0.408 e. The van der Waals surface area contributed by atoms with Gasteiger partial charge in [0.2, 0.25) is 0 Å². The maximum Gasteiger partial charge on any atom is 0.408 e. The molecule has 6 rings (SSSR count). The fourth-order valence-corrected chi connectivity index (χ4v) is 5.25. The van der Waals surface area contributed by atoms with Crippen LogP contribution in [0.5, 0.6) is 11.5 Å². The third-order valence-electron chi connectivity index (χ3n) is 6.88. The Morgan fingerprint density at radius 1 is 0.973 bits per heavy atom. The molecule has 0 spiro atoms. The highest BCUT2D eigenvalue weighted by molar-refractivity contribution is 5.76. The van der Waals surface area contributed by atoms with Gasteiger partial charge in [0.05, 0.1) is 23.6 Å². The third kappa shape index (κ3) is 4.16. The Morgan fingerprint density at radius 2 is 1.76 bits per heavy atom. The van der Waals surface area contributed by atoms with Crippen LogP contribution in [-0.2, 0) is 12.0 Å². The van der Waals surface area contributed by atoms with Gasteiger partial charge in [0.1, 0.15) is 28.6 Å². The van der Waals surface area contributed by atoms with Gasteiger partial charge >= 0.3 is 6.09 Å². The van der Waals surface area contributed by atoms with Crippen molar-refractivity contribution in [3.63, 3.8) is 0 Å². The van der Waals surface area contributed by atoms with Gasteiger partial charge < -0.3 is 9.84 Å². The van der Waals surface area contributed by atoms with Gasteiger partial charge in [0.15, 0.2) is 0 Å². The first-order valence-electron chi connectivity index (χ1n) is 12.2. The van der Waals surface area contributed by atoms with Crippen LogP contribution < -0.4 is 4.74 Å². The van der Waals surface area contributed by atoms with Crippen LogP contribution in [0.2, 0.25) is 0 Å². The Morgan fingerprint density at radius 3 is 2.49 bits per heavy atom. The van der Waals surface area contributed by atoms with E-state index < -0.39 is 11.6 Å². The predicted molar refractivity (Wildman–Crippen MR) is 139 cm³/mol. The SMILES string of the molecule is O=C(O)N1CCCC1(Cc1ccccc1)c1nc(-c2ccc(Oc3ccccc3)cn2)c2cnccn12. The third-order valence-corrected chi connectivity index (χ3v) is 6.88.